The van der Waals surface area contributed by atoms with Crippen molar-refractivity contribution in [1.82, 2.24) is 4.57 Å². The van der Waals surface area contributed by atoms with Gasteiger partial charge in [-0.15, -0.1) is 0 Å². The zero-order chi connectivity index (χ0) is 15.3. The number of hydrogen-bond donors (Lipinski definition) is 1. The van der Waals surface area contributed by atoms with E-state index in [-0.39, 0.29) is 0 Å². The SMILES string of the molecule is Cn1c2c(c3c(Br)ccc(C(O)c4ccccc4)c31)CCC2. The Morgan fingerprint density at radius 1 is 1.09 bits per heavy atom. The van der Waals surface area contributed by atoms with E-state index in [1.54, 1.807) is 0 Å². The molecule has 1 aliphatic rings. The molecule has 1 unspecified atom stereocenters. The fraction of sp³-hybridized carbons (Fsp3) is 0.263. The summed E-state index contributed by atoms with van der Waals surface area (Å²) in [6.45, 7) is 0. The van der Waals surface area contributed by atoms with Gasteiger partial charge in [0.15, 0.2) is 0 Å². The molecule has 4 rings (SSSR count). The summed E-state index contributed by atoms with van der Waals surface area (Å²) in [5, 5.41) is 12.1. The van der Waals surface area contributed by atoms with Gasteiger partial charge in [0.2, 0.25) is 0 Å². The number of aromatic nitrogens is 1. The van der Waals surface area contributed by atoms with E-state index in [4.69, 9.17) is 0 Å². The van der Waals surface area contributed by atoms with E-state index in [0.717, 1.165) is 34.0 Å². The summed E-state index contributed by atoms with van der Waals surface area (Å²) in [5.74, 6) is 0. The average Bonchev–Trinajstić information content (AvgIpc) is 3.12. The molecule has 0 spiro atoms. The third kappa shape index (κ3) is 1.96. The van der Waals surface area contributed by atoms with Crippen molar-refractivity contribution < 1.29 is 5.11 Å². The maximum absolute atomic E-state index is 10.9. The molecule has 0 saturated carbocycles. The van der Waals surface area contributed by atoms with Crippen LogP contribution in [-0.4, -0.2) is 9.67 Å². The lowest BCUT2D eigenvalue weighted by Crippen LogP contribution is -2.04. The van der Waals surface area contributed by atoms with Gasteiger partial charge in [0.05, 0.1) is 5.52 Å². The van der Waals surface area contributed by atoms with Gasteiger partial charge in [0.25, 0.3) is 0 Å². The van der Waals surface area contributed by atoms with Gasteiger partial charge in [-0.2, -0.15) is 0 Å². The number of aryl methyl sites for hydroxylation is 2. The Hall–Kier alpha value is -1.58. The topological polar surface area (TPSA) is 25.2 Å². The van der Waals surface area contributed by atoms with Crippen molar-refractivity contribution in [3.8, 4) is 0 Å². The minimum atomic E-state index is -0.592. The zero-order valence-electron chi connectivity index (χ0n) is 12.5. The van der Waals surface area contributed by atoms with E-state index in [2.05, 4.69) is 33.6 Å². The molecule has 2 nitrogen and oxygen atoms in total. The van der Waals surface area contributed by atoms with Crippen molar-refractivity contribution in [2.75, 3.05) is 0 Å². The zero-order valence-corrected chi connectivity index (χ0v) is 14.1. The highest BCUT2D eigenvalue weighted by molar-refractivity contribution is 9.10. The molecular formula is C19H18BrNO. The normalized spacial score (nSPS) is 15.2. The molecule has 0 fully saturated rings. The molecule has 0 aliphatic heterocycles. The number of benzene rings is 2. The Kier molecular flexibility index (Phi) is 3.35. The molecule has 1 N–H and O–H groups in total. The van der Waals surface area contributed by atoms with E-state index >= 15 is 0 Å². The molecular weight excluding hydrogens is 338 g/mol. The number of aliphatic hydroxyl groups is 1. The highest BCUT2D eigenvalue weighted by Crippen LogP contribution is 2.40. The van der Waals surface area contributed by atoms with Crippen LogP contribution in [-0.2, 0) is 19.9 Å². The van der Waals surface area contributed by atoms with Crippen molar-refractivity contribution in [3.63, 3.8) is 0 Å². The van der Waals surface area contributed by atoms with Crippen LogP contribution in [0.5, 0.6) is 0 Å². The Morgan fingerprint density at radius 2 is 1.86 bits per heavy atom. The van der Waals surface area contributed by atoms with Crippen LogP contribution in [0.3, 0.4) is 0 Å². The molecule has 1 aliphatic carbocycles. The molecule has 22 heavy (non-hydrogen) atoms. The van der Waals surface area contributed by atoms with Gasteiger partial charge in [-0.25, -0.2) is 0 Å². The monoisotopic (exact) mass is 355 g/mol. The molecule has 0 bridgehead atoms. The first-order valence-electron chi connectivity index (χ1n) is 7.70. The smallest absolute Gasteiger partial charge is 0.106 e. The van der Waals surface area contributed by atoms with Crippen LogP contribution in [0.1, 0.15) is 34.9 Å². The number of nitrogens with zero attached hydrogens (tertiary/aromatic N) is 1. The lowest BCUT2D eigenvalue weighted by molar-refractivity contribution is 0.221. The Bertz CT molecular complexity index is 851. The van der Waals surface area contributed by atoms with Crippen LogP contribution in [0.25, 0.3) is 10.9 Å². The molecule has 3 aromatic rings. The molecule has 0 saturated heterocycles. The second-order valence-corrected chi connectivity index (χ2v) is 6.87. The second-order valence-electron chi connectivity index (χ2n) is 6.01. The van der Waals surface area contributed by atoms with Crippen molar-refractivity contribution in [3.05, 3.63) is 69.3 Å². The van der Waals surface area contributed by atoms with Gasteiger partial charge in [-0.1, -0.05) is 52.3 Å². The minimum Gasteiger partial charge on any atom is -0.384 e. The molecule has 2 aromatic carbocycles. The lowest BCUT2D eigenvalue weighted by atomic mass is 9.98. The highest BCUT2D eigenvalue weighted by atomic mass is 79.9. The molecule has 0 amide bonds. The number of hydrogen-bond acceptors (Lipinski definition) is 1. The summed E-state index contributed by atoms with van der Waals surface area (Å²) in [4.78, 5) is 0. The minimum absolute atomic E-state index is 0.592. The van der Waals surface area contributed by atoms with E-state index < -0.39 is 6.10 Å². The fourth-order valence-corrected chi connectivity index (χ4v) is 4.33. The Balaban J connectivity index is 1.98. The van der Waals surface area contributed by atoms with E-state index in [9.17, 15) is 5.11 Å². The largest absolute Gasteiger partial charge is 0.384 e. The van der Waals surface area contributed by atoms with Crippen molar-refractivity contribution in [1.29, 1.82) is 0 Å². The van der Waals surface area contributed by atoms with Crippen LogP contribution < -0.4 is 0 Å². The second kappa shape index (κ2) is 5.25. The van der Waals surface area contributed by atoms with Crippen molar-refractivity contribution >= 4 is 26.8 Å². The summed E-state index contributed by atoms with van der Waals surface area (Å²) in [7, 11) is 2.13. The molecule has 112 valence electrons. The van der Waals surface area contributed by atoms with E-state index in [0.29, 0.717) is 0 Å². The Morgan fingerprint density at radius 3 is 2.64 bits per heavy atom. The van der Waals surface area contributed by atoms with Gasteiger partial charge in [-0.3, -0.25) is 0 Å². The van der Waals surface area contributed by atoms with Gasteiger partial charge >= 0.3 is 0 Å². The maximum Gasteiger partial charge on any atom is 0.106 e. The van der Waals surface area contributed by atoms with Gasteiger partial charge in [-0.05, 0) is 36.5 Å². The lowest BCUT2D eigenvalue weighted by Gasteiger charge is -2.15. The van der Waals surface area contributed by atoms with E-state index in [1.165, 1.54) is 23.1 Å². The first-order chi connectivity index (χ1) is 10.7. The fourth-order valence-electron chi connectivity index (χ4n) is 3.77. The maximum atomic E-state index is 10.9. The first kappa shape index (κ1) is 14.0. The van der Waals surface area contributed by atoms with Gasteiger partial charge < -0.3 is 9.67 Å². The summed E-state index contributed by atoms with van der Waals surface area (Å²) < 4.78 is 3.41. The predicted molar refractivity (Wildman–Crippen MR) is 93.1 cm³/mol. The summed E-state index contributed by atoms with van der Waals surface area (Å²) >= 11 is 3.71. The van der Waals surface area contributed by atoms with Crippen LogP contribution in [0, 0.1) is 0 Å². The van der Waals surface area contributed by atoms with Crippen LogP contribution in [0.15, 0.2) is 46.9 Å². The predicted octanol–water partition coefficient (Wildman–Crippen LogP) is 4.51. The van der Waals surface area contributed by atoms with Gasteiger partial charge in [0, 0.05) is 28.2 Å². The molecule has 1 atom stereocenters. The number of halogens is 1. The molecule has 1 aromatic heterocycles. The Labute approximate surface area is 138 Å². The average molecular weight is 356 g/mol. The quantitative estimate of drug-likeness (QED) is 0.718. The van der Waals surface area contributed by atoms with Gasteiger partial charge in [0.1, 0.15) is 6.10 Å². The summed E-state index contributed by atoms with van der Waals surface area (Å²) in [6, 6.07) is 14.0. The third-order valence-corrected chi connectivity index (χ3v) is 5.46. The highest BCUT2D eigenvalue weighted by Gasteiger charge is 2.25. The molecule has 1 heterocycles. The number of rotatable bonds is 2. The van der Waals surface area contributed by atoms with Crippen LogP contribution >= 0.6 is 15.9 Å². The van der Waals surface area contributed by atoms with E-state index in [1.807, 2.05) is 36.4 Å². The van der Waals surface area contributed by atoms with Crippen LogP contribution in [0.2, 0.25) is 0 Å². The van der Waals surface area contributed by atoms with Crippen molar-refractivity contribution in [2.45, 2.75) is 25.4 Å². The van der Waals surface area contributed by atoms with Crippen molar-refractivity contribution in [2.24, 2.45) is 7.05 Å². The molecule has 3 heteroatoms. The molecule has 0 radical (unpaired) electrons. The summed E-state index contributed by atoms with van der Waals surface area (Å²) in [6.07, 6.45) is 2.90. The van der Waals surface area contributed by atoms with Crippen LogP contribution in [0.4, 0.5) is 0 Å². The number of aliphatic hydroxyl groups excluding tert-OH is 1. The standard InChI is InChI=1S/C19H18BrNO/c1-21-16-9-5-8-13(16)17-15(20)11-10-14(18(17)21)19(22)12-6-3-2-4-7-12/h2-4,6-7,10-11,19,22H,5,8-9H2,1H3. The third-order valence-electron chi connectivity index (χ3n) is 4.80. The summed E-state index contributed by atoms with van der Waals surface area (Å²) in [5.41, 5.74) is 5.96. The number of fused-ring (bicyclic) bond motifs is 3. The first-order valence-corrected chi connectivity index (χ1v) is 8.49.